The summed E-state index contributed by atoms with van der Waals surface area (Å²) in [6.45, 7) is 4.08. The van der Waals surface area contributed by atoms with Gasteiger partial charge in [-0.15, -0.1) is 0 Å². The van der Waals surface area contributed by atoms with E-state index >= 15 is 0 Å². The van der Waals surface area contributed by atoms with Gasteiger partial charge in [-0.1, -0.05) is 23.3 Å². The van der Waals surface area contributed by atoms with Crippen LogP contribution in [0, 0.1) is 23.7 Å². The number of esters is 2. The highest BCUT2D eigenvalue weighted by Crippen LogP contribution is 2.55. The van der Waals surface area contributed by atoms with Gasteiger partial charge in [-0.25, -0.2) is 0 Å². The Hall–Kier alpha value is -1.38. The van der Waals surface area contributed by atoms with Gasteiger partial charge in [0, 0.05) is 11.8 Å². The zero-order valence-electron chi connectivity index (χ0n) is 8.69. The zero-order valence-corrected chi connectivity index (χ0v) is 8.69. The fourth-order valence-corrected chi connectivity index (χ4v) is 3.23. The van der Waals surface area contributed by atoms with E-state index in [1.807, 2.05) is 26.0 Å². The van der Waals surface area contributed by atoms with Crippen LogP contribution in [0.4, 0.5) is 0 Å². The van der Waals surface area contributed by atoms with E-state index in [0.29, 0.717) is 0 Å². The first-order valence-corrected chi connectivity index (χ1v) is 5.22. The van der Waals surface area contributed by atoms with Crippen LogP contribution >= 0.6 is 0 Å². The average molecular weight is 204 g/mol. The van der Waals surface area contributed by atoms with Gasteiger partial charge in [-0.05, 0) is 13.8 Å². The fraction of sp³-hybridized carbons (Fsp3) is 0.500. The first-order valence-electron chi connectivity index (χ1n) is 5.22. The maximum atomic E-state index is 11.5. The molecule has 1 saturated heterocycles. The van der Waals surface area contributed by atoms with Gasteiger partial charge < -0.3 is 4.74 Å². The van der Waals surface area contributed by atoms with Crippen molar-refractivity contribution in [3.63, 3.8) is 0 Å². The highest BCUT2D eigenvalue weighted by atomic mass is 16.6. The molecular weight excluding hydrogens is 192 g/mol. The molecule has 78 valence electrons. The van der Waals surface area contributed by atoms with Crippen molar-refractivity contribution in [1.82, 2.24) is 0 Å². The lowest BCUT2D eigenvalue weighted by Crippen LogP contribution is -2.21. The second kappa shape index (κ2) is 2.60. The molecule has 0 aromatic carbocycles. The Bertz CT molecular complexity index is 394. The molecule has 0 aromatic heterocycles. The molecule has 2 fully saturated rings. The van der Waals surface area contributed by atoms with Gasteiger partial charge in [0.2, 0.25) is 0 Å². The molecule has 0 amide bonds. The van der Waals surface area contributed by atoms with Gasteiger partial charge in [0.05, 0.1) is 11.8 Å². The second-order valence-corrected chi connectivity index (χ2v) is 4.68. The normalized spacial score (nSPS) is 41.1. The summed E-state index contributed by atoms with van der Waals surface area (Å²) in [5.41, 5.74) is 2.49. The number of carbonyl (C=O) groups excluding carboxylic acids is 2. The van der Waals surface area contributed by atoms with Crippen molar-refractivity contribution in [3.8, 4) is 0 Å². The zero-order chi connectivity index (χ0) is 10.7. The number of hydrogen-bond donors (Lipinski definition) is 0. The van der Waals surface area contributed by atoms with Crippen LogP contribution in [0.3, 0.4) is 0 Å². The lowest BCUT2D eigenvalue weighted by Gasteiger charge is -2.11. The van der Waals surface area contributed by atoms with Crippen LogP contribution in [-0.4, -0.2) is 11.9 Å². The van der Waals surface area contributed by atoms with E-state index in [0.717, 1.165) is 0 Å². The molecule has 3 aliphatic rings. The number of hydrogen-bond acceptors (Lipinski definition) is 3. The van der Waals surface area contributed by atoms with Gasteiger partial charge in [0.25, 0.3) is 0 Å². The molecule has 0 aromatic rings. The number of carbonyl (C=O) groups is 2. The maximum Gasteiger partial charge on any atom is 0.318 e. The molecule has 3 heteroatoms. The van der Waals surface area contributed by atoms with Gasteiger partial charge in [0.1, 0.15) is 0 Å². The average Bonchev–Trinajstić information content (AvgIpc) is 2.77. The van der Waals surface area contributed by atoms with Crippen molar-refractivity contribution >= 4 is 11.9 Å². The monoisotopic (exact) mass is 204 g/mol. The van der Waals surface area contributed by atoms with Crippen molar-refractivity contribution in [2.75, 3.05) is 0 Å². The second-order valence-electron chi connectivity index (χ2n) is 4.68. The Morgan fingerprint density at radius 1 is 1.07 bits per heavy atom. The van der Waals surface area contributed by atoms with Crippen LogP contribution in [0.1, 0.15) is 13.8 Å². The smallest absolute Gasteiger partial charge is 0.318 e. The molecule has 0 unspecified atom stereocenters. The quantitative estimate of drug-likeness (QED) is 0.341. The predicted octanol–water partition coefficient (Wildman–Crippen LogP) is 1.45. The molecule has 1 aliphatic heterocycles. The minimum atomic E-state index is -0.333. The summed E-state index contributed by atoms with van der Waals surface area (Å²) in [7, 11) is 0. The minimum Gasteiger partial charge on any atom is -0.393 e. The predicted molar refractivity (Wildman–Crippen MR) is 52.6 cm³/mol. The summed E-state index contributed by atoms with van der Waals surface area (Å²) in [6.07, 6.45) is 4.10. The molecule has 0 N–H and O–H groups in total. The van der Waals surface area contributed by atoms with Gasteiger partial charge in [-0.3, -0.25) is 9.59 Å². The van der Waals surface area contributed by atoms with E-state index in [2.05, 4.69) is 0 Å². The lowest BCUT2D eigenvalue weighted by atomic mass is 9.85. The van der Waals surface area contributed by atoms with Crippen molar-refractivity contribution in [2.45, 2.75) is 13.8 Å². The summed E-state index contributed by atoms with van der Waals surface area (Å²) in [4.78, 5) is 23.0. The molecule has 3 rings (SSSR count). The van der Waals surface area contributed by atoms with E-state index < -0.39 is 0 Å². The topological polar surface area (TPSA) is 43.4 Å². The van der Waals surface area contributed by atoms with Crippen molar-refractivity contribution in [3.05, 3.63) is 23.3 Å². The summed E-state index contributed by atoms with van der Waals surface area (Å²) in [5.74, 6) is -0.913. The van der Waals surface area contributed by atoms with E-state index in [4.69, 9.17) is 4.74 Å². The van der Waals surface area contributed by atoms with Crippen LogP contribution in [0.25, 0.3) is 0 Å². The van der Waals surface area contributed by atoms with Crippen molar-refractivity contribution < 1.29 is 14.3 Å². The molecule has 2 aliphatic carbocycles. The summed E-state index contributed by atoms with van der Waals surface area (Å²) in [5, 5.41) is 0. The van der Waals surface area contributed by atoms with Gasteiger partial charge in [-0.2, -0.15) is 0 Å². The molecule has 0 radical (unpaired) electrons. The Balaban J connectivity index is 2.13. The third-order valence-electron chi connectivity index (χ3n) is 3.73. The van der Waals surface area contributed by atoms with E-state index in [9.17, 15) is 9.59 Å². The number of cyclic esters (lactones) is 2. The maximum absolute atomic E-state index is 11.5. The number of rotatable bonds is 0. The molecule has 2 bridgehead atoms. The van der Waals surface area contributed by atoms with Crippen molar-refractivity contribution in [2.24, 2.45) is 23.7 Å². The highest BCUT2D eigenvalue weighted by Gasteiger charge is 2.60. The molecule has 4 atom stereocenters. The minimum absolute atomic E-state index is 0.115. The Morgan fingerprint density at radius 2 is 1.53 bits per heavy atom. The summed E-state index contributed by atoms with van der Waals surface area (Å²) < 4.78 is 4.70. The number of allylic oxidation sites excluding steroid dienone is 4. The van der Waals surface area contributed by atoms with Crippen molar-refractivity contribution in [1.29, 1.82) is 0 Å². The largest absolute Gasteiger partial charge is 0.393 e. The van der Waals surface area contributed by atoms with E-state index in [1.165, 1.54) is 11.1 Å². The van der Waals surface area contributed by atoms with Gasteiger partial charge >= 0.3 is 11.9 Å². The summed E-state index contributed by atoms with van der Waals surface area (Å²) in [6, 6.07) is 0. The Labute approximate surface area is 87.8 Å². The van der Waals surface area contributed by atoms with Gasteiger partial charge in [0.15, 0.2) is 0 Å². The summed E-state index contributed by atoms with van der Waals surface area (Å²) >= 11 is 0. The highest BCUT2D eigenvalue weighted by molar-refractivity contribution is 5.99. The van der Waals surface area contributed by atoms with E-state index in [-0.39, 0.29) is 35.6 Å². The molecule has 1 saturated carbocycles. The molecular formula is C12H12O3. The van der Waals surface area contributed by atoms with E-state index in [1.54, 1.807) is 0 Å². The fourth-order valence-electron chi connectivity index (χ4n) is 3.23. The molecule has 15 heavy (non-hydrogen) atoms. The SMILES string of the molecule is CC(C)=C1[C@H]2C=C[C@H]1[C@H]1C(=O)OC(=O)[C@H]12. The number of ether oxygens (including phenoxy) is 1. The Kier molecular flexibility index (Phi) is 1.54. The van der Waals surface area contributed by atoms with Crippen LogP contribution in [0.2, 0.25) is 0 Å². The number of fused-ring (bicyclic) bond motifs is 5. The van der Waals surface area contributed by atoms with Crippen LogP contribution < -0.4 is 0 Å². The standard InChI is InChI=1S/C12H12O3/c1-5(2)8-6-3-4-7(8)10-9(6)11(13)15-12(10)14/h3-4,6-7,9-10H,1-2H3/t6-,7-,9-,10+/m1/s1. The third-order valence-corrected chi connectivity index (χ3v) is 3.73. The lowest BCUT2D eigenvalue weighted by molar-refractivity contribution is -0.154. The first kappa shape index (κ1) is 8.89. The molecule has 0 spiro atoms. The van der Waals surface area contributed by atoms with Crippen LogP contribution in [-0.2, 0) is 14.3 Å². The Morgan fingerprint density at radius 3 is 1.93 bits per heavy atom. The molecule has 1 heterocycles. The van der Waals surface area contributed by atoms with Crippen LogP contribution in [0.5, 0.6) is 0 Å². The third kappa shape index (κ3) is 0.907. The van der Waals surface area contributed by atoms with Crippen LogP contribution in [0.15, 0.2) is 23.3 Å². The first-order chi connectivity index (χ1) is 7.11. The molecule has 3 nitrogen and oxygen atoms in total.